The summed E-state index contributed by atoms with van der Waals surface area (Å²) in [6.45, 7) is 4.47. The van der Waals surface area contributed by atoms with Gasteiger partial charge in [0.1, 0.15) is 18.9 Å². The number of hydrogen-bond acceptors (Lipinski definition) is 3. The van der Waals surface area contributed by atoms with E-state index in [0.717, 1.165) is 29.8 Å². The maximum atomic E-state index is 10.6. The highest BCUT2D eigenvalue weighted by Gasteiger charge is 2.54. The summed E-state index contributed by atoms with van der Waals surface area (Å²) in [5.74, 6) is 0.0508. The molecule has 0 amide bonds. The van der Waals surface area contributed by atoms with Crippen molar-refractivity contribution in [1.29, 1.82) is 0 Å². The van der Waals surface area contributed by atoms with Crippen LogP contribution in [0.1, 0.15) is 36.0 Å². The van der Waals surface area contributed by atoms with Crippen molar-refractivity contribution in [1.82, 2.24) is 14.8 Å². The molecule has 7 nitrogen and oxygen atoms in total. The Balaban J connectivity index is 0.000000272. The third kappa shape index (κ3) is 3.91. The molecule has 1 aromatic carbocycles. The summed E-state index contributed by atoms with van der Waals surface area (Å²) in [5.41, 5.74) is 3.12. The normalized spacial score (nSPS) is 22.0. The Morgan fingerprint density at radius 1 is 1.30 bits per heavy atom. The second-order valence-electron chi connectivity index (χ2n) is 8.50. The maximum Gasteiger partial charge on any atom is 0.490 e. The molecule has 1 aliphatic carbocycles. The highest BCUT2D eigenvalue weighted by Crippen LogP contribution is 2.51. The summed E-state index contributed by atoms with van der Waals surface area (Å²) < 4.78 is 34.1. The van der Waals surface area contributed by atoms with Crippen molar-refractivity contribution in [3.8, 4) is 5.69 Å². The first-order valence-corrected chi connectivity index (χ1v) is 10.1. The van der Waals surface area contributed by atoms with E-state index in [4.69, 9.17) is 21.5 Å². The van der Waals surface area contributed by atoms with Gasteiger partial charge in [0.25, 0.3) is 0 Å². The van der Waals surface area contributed by atoms with Crippen LogP contribution in [0, 0.1) is 5.41 Å². The first-order chi connectivity index (χ1) is 14.1. The molecular formula is C19H23ClF3N5O2+2. The van der Waals surface area contributed by atoms with Crippen LogP contribution in [0.25, 0.3) is 5.69 Å². The number of carboxylic acids is 1. The standard InChI is InChI=1S/C17H20ClN5.C2HF3O2/c1-22-7-11-4-13(18)2-3-14(11)23-15(8-22)20-21-16(23)12-5-17(6-12)9-19-10-17;3-2(4,5)1(6)7/h2-4,12,19H,5-10H2,1H3;(H,6,7)/p+2. The van der Waals surface area contributed by atoms with Crippen LogP contribution in [-0.2, 0) is 17.9 Å². The van der Waals surface area contributed by atoms with Gasteiger partial charge in [-0.1, -0.05) is 11.6 Å². The van der Waals surface area contributed by atoms with Crippen molar-refractivity contribution in [2.45, 2.75) is 38.0 Å². The molecule has 0 radical (unpaired) electrons. The summed E-state index contributed by atoms with van der Waals surface area (Å²) in [6.07, 6.45) is -2.54. The average molecular weight is 446 g/mol. The van der Waals surface area contributed by atoms with Gasteiger partial charge in [-0.15, -0.1) is 10.2 Å². The highest BCUT2D eigenvalue weighted by atomic mass is 35.5. The second kappa shape index (κ2) is 7.51. The van der Waals surface area contributed by atoms with Gasteiger partial charge in [0, 0.05) is 16.5 Å². The van der Waals surface area contributed by atoms with Gasteiger partial charge in [-0.3, -0.25) is 4.57 Å². The summed E-state index contributed by atoms with van der Waals surface area (Å²) in [7, 11) is 2.21. The number of carboxylic acid groups (broad SMARTS) is 1. The molecule has 3 heterocycles. The minimum Gasteiger partial charge on any atom is -0.475 e. The number of rotatable bonds is 1. The Labute approximate surface area is 175 Å². The zero-order valence-electron chi connectivity index (χ0n) is 16.3. The minimum atomic E-state index is -5.08. The molecule has 2 fully saturated rings. The number of hydrogen-bond donors (Lipinski definition) is 3. The number of carbonyl (C=O) groups is 1. The Morgan fingerprint density at radius 3 is 2.53 bits per heavy atom. The molecule has 1 saturated heterocycles. The van der Waals surface area contributed by atoms with E-state index in [0.29, 0.717) is 11.3 Å². The number of nitrogens with two attached hydrogens (primary N) is 1. The van der Waals surface area contributed by atoms with Gasteiger partial charge in [-0.05, 0) is 31.0 Å². The molecule has 1 spiro atoms. The predicted molar refractivity (Wildman–Crippen MR) is 100 cm³/mol. The van der Waals surface area contributed by atoms with Crippen molar-refractivity contribution in [2.24, 2.45) is 5.41 Å². The van der Waals surface area contributed by atoms with E-state index in [1.807, 2.05) is 6.07 Å². The quantitative estimate of drug-likeness (QED) is 0.597. The van der Waals surface area contributed by atoms with Gasteiger partial charge >= 0.3 is 12.1 Å². The van der Waals surface area contributed by atoms with Gasteiger partial charge in [-0.2, -0.15) is 13.2 Å². The highest BCUT2D eigenvalue weighted by molar-refractivity contribution is 6.30. The van der Waals surface area contributed by atoms with Crippen molar-refractivity contribution in [2.75, 3.05) is 20.1 Å². The smallest absolute Gasteiger partial charge is 0.475 e. The van der Waals surface area contributed by atoms with Crippen LogP contribution in [-0.4, -0.2) is 52.2 Å². The Morgan fingerprint density at radius 2 is 1.97 bits per heavy atom. The fourth-order valence-electron chi connectivity index (χ4n) is 4.60. The number of nitrogens with one attached hydrogen (secondary N) is 1. The summed E-state index contributed by atoms with van der Waals surface area (Å²) in [4.78, 5) is 10.3. The summed E-state index contributed by atoms with van der Waals surface area (Å²) >= 11 is 6.23. The predicted octanol–water partition coefficient (Wildman–Crippen LogP) is 0.523. The van der Waals surface area contributed by atoms with Gasteiger partial charge in [0.05, 0.1) is 31.2 Å². The third-order valence-electron chi connectivity index (χ3n) is 6.11. The summed E-state index contributed by atoms with van der Waals surface area (Å²) in [5, 5.41) is 19.5. The number of aliphatic carboxylic acids is 1. The fourth-order valence-corrected chi connectivity index (χ4v) is 4.79. The zero-order chi connectivity index (χ0) is 21.7. The molecule has 30 heavy (non-hydrogen) atoms. The van der Waals surface area contributed by atoms with E-state index in [2.05, 4.69) is 39.3 Å². The van der Waals surface area contributed by atoms with Gasteiger partial charge in [0.15, 0.2) is 5.82 Å². The van der Waals surface area contributed by atoms with E-state index in [9.17, 15) is 13.2 Å². The lowest BCUT2D eigenvalue weighted by Crippen LogP contribution is -3.06. The lowest BCUT2D eigenvalue weighted by molar-refractivity contribution is -0.907. The zero-order valence-corrected chi connectivity index (χ0v) is 17.1. The molecule has 1 saturated carbocycles. The second-order valence-corrected chi connectivity index (χ2v) is 8.93. The number of fused-ring (bicyclic) bond motifs is 3. The number of aromatic nitrogens is 3. The number of halogens is 4. The molecule has 162 valence electrons. The Bertz CT molecular complexity index is 966. The number of benzene rings is 1. The largest absolute Gasteiger partial charge is 0.490 e. The van der Waals surface area contributed by atoms with Crippen LogP contribution >= 0.6 is 11.6 Å². The monoisotopic (exact) mass is 445 g/mol. The fraction of sp³-hybridized carbons (Fsp3) is 0.526. The number of nitrogens with zero attached hydrogens (tertiary/aromatic N) is 3. The maximum absolute atomic E-state index is 10.6. The molecule has 2 aromatic rings. The van der Waals surface area contributed by atoms with Crippen LogP contribution in [0.2, 0.25) is 5.02 Å². The van der Waals surface area contributed by atoms with E-state index in [1.54, 1.807) is 0 Å². The third-order valence-corrected chi connectivity index (χ3v) is 6.35. The van der Waals surface area contributed by atoms with E-state index in [-0.39, 0.29) is 0 Å². The van der Waals surface area contributed by atoms with Gasteiger partial charge < -0.3 is 15.3 Å². The van der Waals surface area contributed by atoms with E-state index >= 15 is 0 Å². The first kappa shape index (κ1) is 21.1. The van der Waals surface area contributed by atoms with Gasteiger partial charge in [-0.25, -0.2) is 4.79 Å². The molecule has 11 heteroatoms. The first-order valence-electron chi connectivity index (χ1n) is 9.74. The van der Waals surface area contributed by atoms with Gasteiger partial charge in [0.2, 0.25) is 0 Å². The van der Waals surface area contributed by atoms with Crippen LogP contribution < -0.4 is 10.2 Å². The van der Waals surface area contributed by atoms with Crippen molar-refractivity contribution in [3.05, 3.63) is 40.4 Å². The summed E-state index contributed by atoms with van der Waals surface area (Å²) in [6, 6.07) is 6.22. The Hall–Kier alpha value is -2.17. The van der Waals surface area contributed by atoms with E-state index in [1.165, 1.54) is 42.1 Å². The average Bonchev–Trinajstić information content (AvgIpc) is 2.89. The topological polar surface area (TPSA) is 89.1 Å². The lowest BCUT2D eigenvalue weighted by atomic mass is 9.58. The molecule has 2 aliphatic heterocycles. The molecule has 0 bridgehead atoms. The molecular weight excluding hydrogens is 423 g/mol. The van der Waals surface area contributed by atoms with Crippen molar-refractivity contribution in [3.63, 3.8) is 0 Å². The molecule has 3 aliphatic rings. The van der Waals surface area contributed by atoms with Crippen LogP contribution in [0.5, 0.6) is 0 Å². The Kier molecular flexibility index (Phi) is 5.27. The van der Waals surface area contributed by atoms with E-state index < -0.39 is 12.1 Å². The molecule has 1 atom stereocenters. The van der Waals surface area contributed by atoms with Crippen LogP contribution in [0.15, 0.2) is 18.2 Å². The number of quaternary nitrogens is 2. The lowest BCUT2D eigenvalue weighted by Gasteiger charge is -2.50. The molecule has 1 aromatic heterocycles. The van der Waals surface area contributed by atoms with Crippen LogP contribution in [0.3, 0.4) is 0 Å². The van der Waals surface area contributed by atoms with Crippen molar-refractivity contribution >= 4 is 17.6 Å². The van der Waals surface area contributed by atoms with Crippen molar-refractivity contribution < 1.29 is 33.3 Å². The molecule has 1 unspecified atom stereocenters. The number of alkyl halides is 3. The molecule has 5 rings (SSSR count). The molecule has 4 N–H and O–H groups in total. The van der Waals surface area contributed by atoms with Crippen LogP contribution in [0.4, 0.5) is 13.2 Å². The minimum absolute atomic E-state index is 0.562. The SMILES string of the molecule is C[NH+]1Cc2cc(Cl)ccc2-n2c(nnc2C2CC3(C[NH2+]C3)C2)C1.O=C(O)C(F)(F)F.